The molecule has 6 rings (SSSR count). The molecule has 0 aliphatic rings. The van der Waals surface area contributed by atoms with Gasteiger partial charge in [-0.15, -0.1) is 0 Å². The molecule has 6 aromatic carbocycles. The maximum atomic E-state index is 11.2. The molecule has 2 atom stereocenters. The summed E-state index contributed by atoms with van der Waals surface area (Å²) in [7, 11) is 0. The SMILES string of the molecule is CC(C)(c1ccc(OCC(=O)O)cc1)C(Cc1cccc(Oc2ccccc2)c1)OC(Cc1cccc(Oc2ccccc2)c1)C(C)(C)c1ccc(OCC(=O)O)cc1. The van der Waals surface area contributed by atoms with E-state index >= 15 is 0 Å². The molecule has 304 valence electrons. The second kappa shape index (κ2) is 19.2. The number of para-hydroxylation sites is 2. The van der Waals surface area contributed by atoms with Gasteiger partial charge in [0.05, 0.1) is 12.2 Å². The molecule has 0 amide bonds. The highest BCUT2D eigenvalue weighted by Gasteiger charge is 2.40. The lowest BCUT2D eigenvalue weighted by Crippen LogP contribution is -2.46. The largest absolute Gasteiger partial charge is 0.482 e. The fourth-order valence-electron chi connectivity index (χ4n) is 6.92. The smallest absolute Gasteiger partial charge is 0.341 e. The minimum absolute atomic E-state index is 0.397. The van der Waals surface area contributed by atoms with Crippen molar-refractivity contribution in [3.8, 4) is 34.5 Å². The van der Waals surface area contributed by atoms with Crippen LogP contribution < -0.4 is 18.9 Å². The standard InChI is InChI=1S/C50H50O9/c1-49(2,37-21-25-39(26-22-37)55-33-47(51)52)45(31-35-13-11-19-43(29-35)57-41-15-7-5-8-16-41)59-46(50(3,4)38-23-27-40(28-24-38)56-34-48(53)54)32-36-14-12-20-44(30-36)58-42-17-9-6-10-18-42/h5-30,45-46H,31-34H2,1-4H3,(H,51,52)(H,53,54). The summed E-state index contributed by atoms with van der Waals surface area (Å²) < 4.78 is 30.9. The number of ether oxygens (including phenoxy) is 5. The highest BCUT2D eigenvalue weighted by molar-refractivity contribution is 5.68. The first kappa shape index (κ1) is 42.0. The van der Waals surface area contributed by atoms with E-state index in [0.29, 0.717) is 35.8 Å². The minimum Gasteiger partial charge on any atom is -0.482 e. The molecule has 0 aliphatic carbocycles. The Morgan fingerprint density at radius 1 is 0.458 bits per heavy atom. The monoisotopic (exact) mass is 794 g/mol. The molecule has 0 aromatic heterocycles. The van der Waals surface area contributed by atoms with Gasteiger partial charge in [0.15, 0.2) is 13.2 Å². The maximum Gasteiger partial charge on any atom is 0.341 e. The van der Waals surface area contributed by atoms with Gasteiger partial charge in [-0.1, -0.05) is 113 Å². The van der Waals surface area contributed by atoms with E-state index in [1.54, 1.807) is 24.3 Å². The second-order valence-corrected chi connectivity index (χ2v) is 15.5. The van der Waals surface area contributed by atoms with Gasteiger partial charge in [0, 0.05) is 10.8 Å². The van der Waals surface area contributed by atoms with Crippen molar-refractivity contribution in [2.75, 3.05) is 13.2 Å². The molecule has 0 saturated heterocycles. The summed E-state index contributed by atoms with van der Waals surface area (Å²) in [5.41, 5.74) is 2.85. The van der Waals surface area contributed by atoms with Crippen LogP contribution in [-0.4, -0.2) is 47.6 Å². The Labute approximate surface area is 345 Å². The Kier molecular flexibility index (Phi) is 13.7. The third-order valence-corrected chi connectivity index (χ3v) is 10.5. The highest BCUT2D eigenvalue weighted by Crippen LogP contribution is 2.39. The third-order valence-electron chi connectivity index (χ3n) is 10.5. The van der Waals surface area contributed by atoms with Crippen molar-refractivity contribution in [3.63, 3.8) is 0 Å². The fraction of sp³-hybridized carbons (Fsp3) is 0.240. The van der Waals surface area contributed by atoms with Gasteiger partial charge in [0.25, 0.3) is 0 Å². The van der Waals surface area contributed by atoms with Crippen LogP contribution in [0.5, 0.6) is 34.5 Å². The van der Waals surface area contributed by atoms with E-state index in [4.69, 9.17) is 33.9 Å². The maximum absolute atomic E-state index is 11.2. The zero-order valence-corrected chi connectivity index (χ0v) is 33.7. The summed E-state index contributed by atoms with van der Waals surface area (Å²) in [6.45, 7) is 7.75. The molecule has 9 heteroatoms. The van der Waals surface area contributed by atoms with Gasteiger partial charge in [0.1, 0.15) is 34.5 Å². The van der Waals surface area contributed by atoms with Crippen molar-refractivity contribution in [3.05, 3.63) is 180 Å². The second-order valence-electron chi connectivity index (χ2n) is 15.5. The molecule has 0 saturated carbocycles. The van der Waals surface area contributed by atoms with Gasteiger partial charge >= 0.3 is 11.9 Å². The summed E-state index contributed by atoms with van der Waals surface area (Å²) in [6.07, 6.45) is 0.266. The average molecular weight is 795 g/mol. The average Bonchev–Trinajstić information content (AvgIpc) is 3.23. The first-order valence-corrected chi connectivity index (χ1v) is 19.5. The molecule has 2 N–H and O–H groups in total. The van der Waals surface area contributed by atoms with E-state index in [0.717, 1.165) is 33.8 Å². The topological polar surface area (TPSA) is 121 Å². The number of carbonyl (C=O) groups is 2. The Bertz CT molecular complexity index is 2110. The molecular weight excluding hydrogens is 745 g/mol. The lowest BCUT2D eigenvalue weighted by molar-refractivity contribution is -0.140. The summed E-state index contributed by atoms with van der Waals surface area (Å²) in [4.78, 5) is 22.4. The van der Waals surface area contributed by atoms with E-state index in [1.807, 2.05) is 121 Å². The predicted octanol–water partition coefficient (Wildman–Crippen LogP) is 10.7. The van der Waals surface area contributed by atoms with Crippen molar-refractivity contribution in [1.82, 2.24) is 0 Å². The number of carboxylic acid groups (broad SMARTS) is 2. The number of carboxylic acids is 2. The van der Waals surface area contributed by atoms with Crippen LogP contribution in [0.4, 0.5) is 0 Å². The van der Waals surface area contributed by atoms with Crippen LogP contribution in [0.15, 0.2) is 158 Å². The number of hydrogen-bond donors (Lipinski definition) is 2. The number of hydrogen-bond acceptors (Lipinski definition) is 7. The van der Waals surface area contributed by atoms with Crippen molar-refractivity contribution in [2.45, 2.75) is 63.6 Å². The van der Waals surface area contributed by atoms with E-state index < -0.39 is 48.2 Å². The first-order chi connectivity index (χ1) is 28.3. The minimum atomic E-state index is -1.05. The van der Waals surface area contributed by atoms with Crippen LogP contribution in [0.1, 0.15) is 49.9 Å². The quantitative estimate of drug-likeness (QED) is 0.0778. The van der Waals surface area contributed by atoms with Gasteiger partial charge in [-0.2, -0.15) is 0 Å². The van der Waals surface area contributed by atoms with E-state index in [2.05, 4.69) is 39.8 Å². The normalized spacial score (nSPS) is 12.5. The lowest BCUT2D eigenvalue weighted by atomic mass is 9.74. The molecule has 9 nitrogen and oxygen atoms in total. The zero-order chi connectivity index (χ0) is 41.8. The Morgan fingerprint density at radius 3 is 1.17 bits per heavy atom. The van der Waals surface area contributed by atoms with E-state index in [1.165, 1.54) is 0 Å². The predicted molar refractivity (Wildman–Crippen MR) is 227 cm³/mol. The van der Waals surface area contributed by atoms with Gasteiger partial charge in [-0.05, 0) is 108 Å². The van der Waals surface area contributed by atoms with Crippen LogP contribution in [0.2, 0.25) is 0 Å². The van der Waals surface area contributed by atoms with Crippen LogP contribution in [0.3, 0.4) is 0 Å². The van der Waals surface area contributed by atoms with Crippen LogP contribution in [0.25, 0.3) is 0 Å². The Hall–Kier alpha value is -6.58. The molecule has 2 unspecified atom stereocenters. The number of aliphatic carboxylic acids is 2. The molecule has 0 bridgehead atoms. The summed E-state index contributed by atoms with van der Waals surface area (Å²) >= 11 is 0. The molecule has 6 aromatic rings. The van der Waals surface area contributed by atoms with Gasteiger partial charge in [0.2, 0.25) is 0 Å². The van der Waals surface area contributed by atoms with Crippen molar-refractivity contribution < 1.29 is 43.5 Å². The van der Waals surface area contributed by atoms with Crippen molar-refractivity contribution in [1.29, 1.82) is 0 Å². The molecule has 0 spiro atoms. The van der Waals surface area contributed by atoms with Gasteiger partial charge in [-0.25, -0.2) is 9.59 Å². The zero-order valence-electron chi connectivity index (χ0n) is 33.7. The van der Waals surface area contributed by atoms with Crippen molar-refractivity contribution >= 4 is 11.9 Å². The number of benzene rings is 6. The fourth-order valence-corrected chi connectivity index (χ4v) is 6.92. The Balaban J connectivity index is 1.38. The molecular formula is C50H50O9. The van der Waals surface area contributed by atoms with Gasteiger partial charge < -0.3 is 33.9 Å². The Morgan fingerprint density at radius 2 is 0.814 bits per heavy atom. The molecule has 0 heterocycles. The van der Waals surface area contributed by atoms with Gasteiger partial charge in [-0.3, -0.25) is 0 Å². The highest BCUT2D eigenvalue weighted by atomic mass is 16.5. The molecule has 0 aliphatic heterocycles. The van der Waals surface area contributed by atoms with E-state index in [-0.39, 0.29) is 0 Å². The van der Waals surface area contributed by atoms with Crippen LogP contribution >= 0.6 is 0 Å². The van der Waals surface area contributed by atoms with E-state index in [9.17, 15) is 9.59 Å². The summed E-state index contributed by atoms with van der Waals surface area (Å²) in [5.74, 6) is 1.73. The third kappa shape index (κ3) is 11.7. The summed E-state index contributed by atoms with van der Waals surface area (Å²) in [5, 5.41) is 18.3. The first-order valence-electron chi connectivity index (χ1n) is 19.5. The number of rotatable bonds is 20. The van der Waals surface area contributed by atoms with Crippen molar-refractivity contribution in [2.24, 2.45) is 0 Å². The molecule has 59 heavy (non-hydrogen) atoms. The van der Waals surface area contributed by atoms with Crippen LogP contribution in [0, 0.1) is 0 Å². The summed E-state index contributed by atoms with van der Waals surface area (Å²) in [6, 6.07) is 50.4. The van der Waals surface area contributed by atoms with Crippen LogP contribution in [-0.2, 0) is 38.0 Å². The lowest BCUT2D eigenvalue weighted by Gasteiger charge is -2.43. The molecule has 0 radical (unpaired) electrons. The molecule has 0 fully saturated rings.